The molecular formula is C73H77Cl3N10O23S2. The molecule has 0 radical (unpaired) electrons. The molecule has 18 atom stereocenters. The predicted octanol–water partition coefficient (Wildman–Crippen LogP) is 4.17. The van der Waals surface area contributed by atoms with Crippen molar-refractivity contribution in [3.63, 3.8) is 0 Å². The number of aromatic hydroxyl groups is 3. The first-order valence-electron chi connectivity index (χ1n) is 34.6. The quantitative estimate of drug-likeness (QED) is 0.0640. The van der Waals surface area contributed by atoms with Crippen LogP contribution in [0.15, 0.2) is 101 Å². The van der Waals surface area contributed by atoms with E-state index < -0.39 is 225 Å². The number of aliphatic carboxylic acids is 1. The Bertz CT molecular complexity index is 4830. The van der Waals surface area contributed by atoms with Crippen LogP contribution in [0.3, 0.4) is 0 Å². The van der Waals surface area contributed by atoms with Gasteiger partial charge in [-0.15, -0.1) is 11.3 Å². The minimum absolute atomic E-state index is 0.102. The van der Waals surface area contributed by atoms with E-state index in [1.807, 2.05) is 13.8 Å². The molecule has 33 nitrogen and oxygen atoms in total. The summed E-state index contributed by atoms with van der Waals surface area (Å²) < 4.78 is 41.0. The fraction of sp³-hybridized carbons (Fsp3) is 0.384. The molecule has 7 amide bonds. The molecule has 11 bridgehead atoms. The Morgan fingerprint density at radius 1 is 0.730 bits per heavy atom. The van der Waals surface area contributed by atoms with Gasteiger partial charge in [-0.2, -0.15) is 0 Å². The Balaban J connectivity index is 1.09. The molecule has 7 aliphatic heterocycles. The number of phenolic OH excluding ortho intramolecular Hbond substituents is 3. The lowest BCUT2D eigenvalue weighted by atomic mass is 9.86. The first-order chi connectivity index (χ1) is 52.5. The number of carbonyl (C=O) groups excluding carboxylic acids is 7. The number of thioether (sulfide) groups is 1. The number of nitrogens with two attached hydrogens (primary N) is 2. The molecule has 2 fully saturated rings. The van der Waals surface area contributed by atoms with E-state index in [2.05, 4.69) is 42.2 Å². The van der Waals surface area contributed by atoms with Crippen molar-refractivity contribution in [2.45, 2.75) is 161 Å². The first-order valence-corrected chi connectivity index (χ1v) is 37.5. The van der Waals surface area contributed by atoms with Crippen LogP contribution in [0.25, 0.3) is 21.3 Å². The number of primary amides is 1. The van der Waals surface area contributed by atoms with Crippen molar-refractivity contribution < 1.29 is 113 Å². The summed E-state index contributed by atoms with van der Waals surface area (Å²) in [5.74, 6) is -16.0. The number of fused-ring (bicyclic) bond motifs is 16. The maximum atomic E-state index is 16.2. The van der Waals surface area contributed by atoms with Crippen molar-refractivity contribution in [2.75, 3.05) is 12.8 Å². The third kappa shape index (κ3) is 17.5. The van der Waals surface area contributed by atoms with Gasteiger partial charge in [0, 0.05) is 45.5 Å². The molecule has 38 heteroatoms. The number of aliphatic hydroxyl groups excluding tert-OH is 5. The predicted molar refractivity (Wildman–Crippen MR) is 398 cm³/mol. The van der Waals surface area contributed by atoms with Crippen LogP contribution in [0.2, 0.25) is 15.1 Å². The van der Waals surface area contributed by atoms with Crippen LogP contribution in [-0.2, 0) is 52.6 Å². The Labute approximate surface area is 654 Å². The van der Waals surface area contributed by atoms with Crippen LogP contribution in [0.5, 0.6) is 46.0 Å². The van der Waals surface area contributed by atoms with Gasteiger partial charge in [0.05, 0.1) is 51.0 Å². The number of hydrogen-bond acceptors (Lipinski definition) is 27. The summed E-state index contributed by atoms with van der Waals surface area (Å²) in [4.78, 5) is 123. The van der Waals surface area contributed by atoms with E-state index in [-0.39, 0.29) is 57.7 Å². The molecule has 590 valence electrons. The Morgan fingerprint density at radius 3 is 2.00 bits per heavy atom. The standard InChI is InChI=1S/C73H77Cl3N10O23S2/c1-26(2)14-39(79-5)64(96)85-55-57(91)29-7-11-43(36(75)16-29)105-45-18-31-19-46(61(45)109-71-62(108-50-24-73(4,78)63(95)27(3)104-50)60(94)59(93)47(107-71)25-110-72-81-38-20-32(74)9-13-48(38)111-72)106-44-12-8-30(17-37(44)76)58(92)56-69(101)84-54(70(102)103)35-21-33(87)22-42(89)51(35)34-15-28(6-10-41(34)88)52(66(98)86-56)83-67(99)53(31)82-65(97)40(23-49(77)90)80-68(55)100/h6-13,15-22,26-27,39-40,47,50,52-60,62-63,71,79,87-89,91-95H,14,23-25,78H2,1-5H3,(H2,77,90)(H,80,100)(H,82,97)(H,83,99)(H,84,101)(H,85,96)(H,86,98)(H,102,103)/t27?,39-,40+,47?,50?,52?,53-,54-,55-,56+,57-,58-,59?,60?,62?,63?,71?,73?/m1/s1. The molecule has 0 aliphatic carbocycles. The van der Waals surface area contributed by atoms with Gasteiger partial charge in [0.2, 0.25) is 53.4 Å². The second-order valence-electron chi connectivity index (χ2n) is 27.9. The normalized spacial score (nSPS) is 27.9. The minimum atomic E-state index is -2.35. The van der Waals surface area contributed by atoms with E-state index in [1.165, 1.54) is 50.4 Å². The fourth-order valence-electron chi connectivity index (χ4n) is 13.6. The topological polar surface area (TPSA) is 523 Å². The summed E-state index contributed by atoms with van der Waals surface area (Å²) in [7, 11) is 1.48. The van der Waals surface area contributed by atoms with E-state index >= 15 is 14.4 Å². The number of aliphatic hydroxyl groups is 5. The molecule has 7 aromatic rings. The van der Waals surface area contributed by atoms with Gasteiger partial charge in [-0.05, 0) is 128 Å². The van der Waals surface area contributed by atoms with E-state index in [1.54, 1.807) is 18.2 Å². The van der Waals surface area contributed by atoms with Gasteiger partial charge >= 0.3 is 5.97 Å². The molecule has 1 aromatic heterocycles. The monoisotopic (exact) mass is 1630 g/mol. The maximum absolute atomic E-state index is 16.2. The minimum Gasteiger partial charge on any atom is -0.508 e. The van der Waals surface area contributed by atoms with Crippen molar-refractivity contribution in [1.29, 1.82) is 0 Å². The molecule has 2 saturated heterocycles. The summed E-state index contributed by atoms with van der Waals surface area (Å²) in [6.45, 7) is 6.70. The average molecular weight is 1630 g/mol. The van der Waals surface area contributed by atoms with Gasteiger partial charge in [-0.25, -0.2) is 9.78 Å². The molecule has 7 aliphatic rings. The summed E-state index contributed by atoms with van der Waals surface area (Å²) in [5, 5.41) is 123. The number of likely N-dealkylation sites (N-methyl/N-ethyl adjacent to an activating group) is 1. The Morgan fingerprint density at radius 2 is 1.37 bits per heavy atom. The highest BCUT2D eigenvalue weighted by Crippen LogP contribution is 2.50. The van der Waals surface area contributed by atoms with Crippen molar-refractivity contribution in [3.8, 4) is 57.1 Å². The number of amides is 7. The number of carbonyl (C=O) groups is 8. The fourth-order valence-corrected chi connectivity index (χ4v) is 16.3. The lowest BCUT2D eigenvalue weighted by Crippen LogP contribution is -2.64. The van der Waals surface area contributed by atoms with E-state index in [9.17, 15) is 69.9 Å². The summed E-state index contributed by atoms with van der Waals surface area (Å²) in [6.07, 6.45) is -18.0. The van der Waals surface area contributed by atoms with Gasteiger partial charge in [-0.1, -0.05) is 78.6 Å². The van der Waals surface area contributed by atoms with Gasteiger partial charge in [0.25, 0.3) is 0 Å². The lowest BCUT2D eigenvalue weighted by Gasteiger charge is -2.47. The van der Waals surface area contributed by atoms with Gasteiger partial charge in [-0.3, -0.25) is 33.6 Å². The average Bonchev–Trinajstić information content (AvgIpc) is 1.27. The zero-order chi connectivity index (χ0) is 80.1. The van der Waals surface area contributed by atoms with Gasteiger partial charge < -0.3 is 123 Å². The summed E-state index contributed by atoms with van der Waals surface area (Å²) in [6, 6.07) is 4.70. The molecule has 6 aromatic carbocycles. The number of ether oxygens (including phenoxy) is 6. The molecular weight excluding hydrogens is 1560 g/mol. The summed E-state index contributed by atoms with van der Waals surface area (Å²) >= 11 is 23.1. The number of aromatic nitrogens is 1. The highest BCUT2D eigenvalue weighted by atomic mass is 35.5. The van der Waals surface area contributed by atoms with Crippen molar-refractivity contribution in [2.24, 2.45) is 17.4 Å². The Kier molecular flexibility index (Phi) is 24.2. The van der Waals surface area contributed by atoms with Crippen LogP contribution >= 0.6 is 57.9 Å². The molecule has 8 heterocycles. The van der Waals surface area contributed by atoms with Gasteiger partial charge in [0.1, 0.15) is 83.4 Å². The van der Waals surface area contributed by atoms with Crippen LogP contribution in [-0.4, -0.2) is 190 Å². The number of nitrogens with one attached hydrogen (secondary N) is 7. The van der Waals surface area contributed by atoms with Crippen LogP contribution < -0.4 is 62.9 Å². The lowest BCUT2D eigenvalue weighted by molar-refractivity contribution is -0.329. The Hall–Kier alpha value is -9.41. The molecule has 14 rings (SSSR count). The SMILES string of the molecule is CN[C@H](CC(C)C)C(=O)N[C@H]1C(=O)N[C@@H](CC(N)=O)C(=O)N[C@H]2C(=O)NC3C(=O)N[C@H](C(=O)N[C@@H](C(=O)O)c4cc(O)cc(O)c4-c4cc3ccc4O)[C@H](O)c3ccc(c(Cl)c3)Oc3cc2cc(c3OC2OC(CSc3nc4cc(Cl)ccc4s3)C(O)C(O)C2OC2CC(C)(N)C(O)C(C)O2)Oc2ccc(cc2Cl)[C@H]1O. The smallest absolute Gasteiger partial charge is 0.330 e. The second kappa shape index (κ2) is 33.1. The molecule has 111 heavy (non-hydrogen) atoms. The van der Waals surface area contributed by atoms with Crippen molar-refractivity contribution in [1.82, 2.24) is 42.2 Å². The highest BCUT2D eigenvalue weighted by molar-refractivity contribution is 8.01. The van der Waals surface area contributed by atoms with Crippen molar-refractivity contribution >= 4 is 115 Å². The number of phenols is 3. The summed E-state index contributed by atoms with van der Waals surface area (Å²) in [5.41, 5.74) is 8.79. The third-order valence-corrected chi connectivity index (χ3v) is 22.4. The van der Waals surface area contributed by atoms with E-state index in [0.717, 1.165) is 77.1 Å². The number of rotatable bonds is 15. The number of benzene rings is 6. The number of carboxylic acid groups (broad SMARTS) is 1. The molecule has 20 N–H and O–H groups in total. The molecule has 0 spiro atoms. The third-order valence-electron chi connectivity index (χ3n) is 19.3. The van der Waals surface area contributed by atoms with Gasteiger partial charge in [0.15, 0.2) is 34.3 Å². The van der Waals surface area contributed by atoms with E-state index in [4.69, 9.17) is 74.7 Å². The maximum Gasteiger partial charge on any atom is 0.330 e. The number of nitrogens with zero attached hydrogens (tertiary/aromatic N) is 1. The number of halogens is 3. The van der Waals surface area contributed by atoms with Crippen LogP contribution in [0.1, 0.15) is 105 Å². The number of thiazole rings is 1. The first kappa shape index (κ1) is 81.1. The zero-order valence-electron chi connectivity index (χ0n) is 59.3. The highest BCUT2D eigenvalue weighted by Gasteiger charge is 2.52. The van der Waals surface area contributed by atoms with Crippen LogP contribution in [0, 0.1) is 5.92 Å². The molecule has 0 saturated carbocycles. The zero-order valence-corrected chi connectivity index (χ0v) is 63.2. The number of carboxylic acids is 1. The van der Waals surface area contributed by atoms with Crippen molar-refractivity contribution in [3.05, 3.63) is 140 Å². The van der Waals surface area contributed by atoms with Crippen LogP contribution in [0.4, 0.5) is 0 Å². The second-order valence-corrected chi connectivity index (χ2v) is 31.5. The largest absolute Gasteiger partial charge is 0.508 e. The molecule has 10 unspecified atom stereocenters. The number of hydrogen-bond donors (Lipinski definition) is 18. The van der Waals surface area contributed by atoms with E-state index in [0.29, 0.717) is 14.9 Å².